The largest absolute Gasteiger partial charge is 0.336 e. The smallest absolute Gasteiger partial charge is 0.253 e. The Morgan fingerprint density at radius 1 is 0.912 bits per heavy atom. The van der Waals surface area contributed by atoms with E-state index in [-0.39, 0.29) is 24.9 Å². The lowest BCUT2D eigenvalue weighted by molar-refractivity contribution is -0.119. The summed E-state index contributed by atoms with van der Waals surface area (Å²) in [5, 5.41) is 0. The number of nitrogens with zero attached hydrogens (tertiary/aromatic N) is 3. The second-order valence-electron chi connectivity index (χ2n) is 9.12. The van der Waals surface area contributed by atoms with Crippen LogP contribution in [-0.4, -0.2) is 62.2 Å². The molecule has 2 saturated heterocycles. The molecule has 1 unspecified atom stereocenters. The average molecular weight is 484 g/mol. The Morgan fingerprint density at radius 2 is 1.56 bits per heavy atom. The molecule has 2 fully saturated rings. The minimum Gasteiger partial charge on any atom is -0.336 e. The predicted octanol–water partition coefficient (Wildman–Crippen LogP) is 3.86. The quantitative estimate of drug-likeness (QED) is 0.625. The molecule has 182 valence electrons. The molecule has 0 N–H and O–H groups in total. The summed E-state index contributed by atoms with van der Waals surface area (Å²) in [6.45, 7) is 6.16. The number of piperidine rings is 1. The highest BCUT2D eigenvalue weighted by atomic mass is 32.2. The molecule has 2 aliphatic rings. The van der Waals surface area contributed by atoms with E-state index in [2.05, 4.69) is 13.8 Å². The fraction of sp³-hybridized carbons (Fsp3) is 0.462. The predicted molar refractivity (Wildman–Crippen MR) is 132 cm³/mol. The van der Waals surface area contributed by atoms with Crippen LogP contribution >= 0.6 is 0 Å². The number of amides is 2. The molecule has 0 spiro atoms. The van der Waals surface area contributed by atoms with Crippen molar-refractivity contribution in [2.75, 3.05) is 37.6 Å². The van der Waals surface area contributed by atoms with Crippen LogP contribution in [0.3, 0.4) is 0 Å². The monoisotopic (exact) mass is 483 g/mol. The van der Waals surface area contributed by atoms with Gasteiger partial charge >= 0.3 is 0 Å². The molecule has 7 nitrogen and oxygen atoms in total. The molecule has 0 aromatic heterocycles. The van der Waals surface area contributed by atoms with E-state index in [9.17, 15) is 18.0 Å². The van der Waals surface area contributed by atoms with Gasteiger partial charge in [-0.25, -0.2) is 8.42 Å². The van der Waals surface area contributed by atoms with Gasteiger partial charge in [0.2, 0.25) is 15.9 Å². The van der Waals surface area contributed by atoms with Crippen molar-refractivity contribution in [3.63, 3.8) is 0 Å². The van der Waals surface area contributed by atoms with Gasteiger partial charge in [0, 0.05) is 50.4 Å². The Balaban J connectivity index is 1.37. The highest BCUT2D eigenvalue weighted by Gasteiger charge is 2.30. The van der Waals surface area contributed by atoms with E-state index in [1.54, 1.807) is 34.1 Å². The summed E-state index contributed by atoms with van der Waals surface area (Å²) in [4.78, 5) is 28.9. The molecular weight excluding hydrogens is 450 g/mol. The van der Waals surface area contributed by atoms with E-state index in [0.29, 0.717) is 42.4 Å². The summed E-state index contributed by atoms with van der Waals surface area (Å²) < 4.78 is 27.6. The summed E-state index contributed by atoms with van der Waals surface area (Å²) in [7, 11) is -3.59. The first-order chi connectivity index (χ1) is 16.3. The first-order valence-corrected chi connectivity index (χ1v) is 13.5. The standard InChI is InChI=1S/C26H33N3O4S/c1-3-20(2)21-9-13-24(14-10-21)34(32,33)28-18-16-27(17-19-28)26(31)22-7-11-23(12-8-22)29-15-5-4-6-25(29)30/h7-14,20H,3-6,15-19H2,1-2H3. The Bertz CT molecular complexity index is 1120. The maximum Gasteiger partial charge on any atom is 0.253 e. The number of hydrogen-bond donors (Lipinski definition) is 0. The third-order valence-corrected chi connectivity index (χ3v) is 8.89. The van der Waals surface area contributed by atoms with Gasteiger partial charge in [-0.2, -0.15) is 4.31 Å². The van der Waals surface area contributed by atoms with Crippen molar-refractivity contribution in [2.24, 2.45) is 0 Å². The van der Waals surface area contributed by atoms with Crippen molar-refractivity contribution >= 4 is 27.5 Å². The van der Waals surface area contributed by atoms with Gasteiger partial charge in [0.1, 0.15) is 0 Å². The third kappa shape index (κ3) is 5.03. The van der Waals surface area contributed by atoms with E-state index in [1.165, 1.54) is 4.31 Å². The molecule has 1 atom stereocenters. The third-order valence-electron chi connectivity index (χ3n) is 6.97. The molecule has 4 rings (SSSR count). The van der Waals surface area contributed by atoms with E-state index < -0.39 is 10.0 Å². The maximum absolute atomic E-state index is 13.1. The van der Waals surface area contributed by atoms with Crippen molar-refractivity contribution in [3.05, 3.63) is 59.7 Å². The number of hydrogen-bond acceptors (Lipinski definition) is 4. The van der Waals surface area contributed by atoms with Crippen LogP contribution in [0, 0.1) is 0 Å². The number of rotatable bonds is 6. The number of sulfonamides is 1. The minimum atomic E-state index is -3.59. The van der Waals surface area contributed by atoms with Crippen LogP contribution in [0.2, 0.25) is 0 Å². The fourth-order valence-electron chi connectivity index (χ4n) is 4.53. The molecular formula is C26H33N3O4S. The topological polar surface area (TPSA) is 78.0 Å². The molecule has 2 aliphatic heterocycles. The van der Waals surface area contributed by atoms with Crippen LogP contribution < -0.4 is 4.90 Å². The van der Waals surface area contributed by atoms with Crippen LogP contribution in [0.5, 0.6) is 0 Å². The van der Waals surface area contributed by atoms with Crippen molar-refractivity contribution < 1.29 is 18.0 Å². The normalized spacial score (nSPS) is 18.7. The van der Waals surface area contributed by atoms with Crippen LogP contribution in [0.4, 0.5) is 5.69 Å². The SMILES string of the molecule is CCC(C)c1ccc(S(=O)(=O)N2CCN(C(=O)c3ccc(N4CCCCC4=O)cc3)CC2)cc1. The van der Waals surface area contributed by atoms with Crippen LogP contribution in [-0.2, 0) is 14.8 Å². The Labute approximate surface area is 202 Å². The number of carbonyl (C=O) groups is 2. The van der Waals surface area contributed by atoms with Gasteiger partial charge in [-0.1, -0.05) is 26.0 Å². The van der Waals surface area contributed by atoms with E-state index in [1.807, 2.05) is 24.3 Å². The van der Waals surface area contributed by atoms with Gasteiger partial charge in [-0.3, -0.25) is 9.59 Å². The maximum atomic E-state index is 13.1. The van der Waals surface area contributed by atoms with Crippen molar-refractivity contribution in [1.82, 2.24) is 9.21 Å². The lowest BCUT2D eigenvalue weighted by atomic mass is 9.99. The molecule has 0 radical (unpaired) electrons. The number of benzene rings is 2. The Kier molecular flexibility index (Phi) is 7.38. The average Bonchev–Trinajstić information content (AvgIpc) is 2.88. The molecule has 0 saturated carbocycles. The summed E-state index contributed by atoms with van der Waals surface area (Å²) in [5.41, 5.74) is 2.49. The first-order valence-electron chi connectivity index (χ1n) is 12.1. The van der Waals surface area contributed by atoms with Gasteiger partial charge < -0.3 is 9.80 Å². The number of anilines is 1. The Morgan fingerprint density at radius 3 is 2.15 bits per heavy atom. The van der Waals surface area contributed by atoms with Gasteiger partial charge in [0.15, 0.2) is 0 Å². The summed E-state index contributed by atoms with van der Waals surface area (Å²) >= 11 is 0. The molecule has 2 aromatic rings. The molecule has 2 heterocycles. The molecule has 34 heavy (non-hydrogen) atoms. The second kappa shape index (κ2) is 10.3. The highest BCUT2D eigenvalue weighted by Crippen LogP contribution is 2.24. The lowest BCUT2D eigenvalue weighted by Crippen LogP contribution is -2.50. The zero-order valence-electron chi connectivity index (χ0n) is 19.9. The molecule has 8 heteroatoms. The van der Waals surface area contributed by atoms with Crippen LogP contribution in [0.15, 0.2) is 53.4 Å². The second-order valence-corrected chi connectivity index (χ2v) is 11.1. The van der Waals surface area contributed by atoms with E-state index in [0.717, 1.165) is 30.5 Å². The highest BCUT2D eigenvalue weighted by molar-refractivity contribution is 7.89. The molecule has 2 amide bonds. The Hall–Kier alpha value is -2.71. The van der Waals surface area contributed by atoms with E-state index in [4.69, 9.17) is 0 Å². The van der Waals surface area contributed by atoms with Gasteiger partial charge in [0.05, 0.1) is 4.90 Å². The summed E-state index contributed by atoms with van der Waals surface area (Å²) in [6, 6.07) is 14.3. The zero-order valence-corrected chi connectivity index (χ0v) is 20.8. The zero-order chi connectivity index (χ0) is 24.3. The lowest BCUT2D eigenvalue weighted by Gasteiger charge is -2.34. The first kappa shape index (κ1) is 24.4. The molecule has 0 aliphatic carbocycles. The van der Waals surface area contributed by atoms with Crippen LogP contribution in [0.25, 0.3) is 0 Å². The van der Waals surface area contributed by atoms with Gasteiger partial charge in [0.25, 0.3) is 5.91 Å². The minimum absolute atomic E-state index is 0.119. The van der Waals surface area contributed by atoms with Crippen molar-refractivity contribution in [2.45, 2.75) is 50.3 Å². The van der Waals surface area contributed by atoms with Gasteiger partial charge in [-0.15, -0.1) is 0 Å². The molecule has 2 aromatic carbocycles. The number of piperazine rings is 1. The number of carbonyl (C=O) groups excluding carboxylic acids is 2. The summed E-state index contributed by atoms with van der Waals surface area (Å²) in [5.74, 6) is 0.393. The summed E-state index contributed by atoms with van der Waals surface area (Å²) in [6.07, 6.45) is 3.48. The van der Waals surface area contributed by atoms with Crippen molar-refractivity contribution in [1.29, 1.82) is 0 Å². The fourth-order valence-corrected chi connectivity index (χ4v) is 5.95. The van der Waals surface area contributed by atoms with Crippen molar-refractivity contribution in [3.8, 4) is 0 Å². The van der Waals surface area contributed by atoms with E-state index >= 15 is 0 Å². The van der Waals surface area contributed by atoms with Gasteiger partial charge in [-0.05, 0) is 67.1 Å². The van der Waals surface area contributed by atoms with Crippen LogP contribution in [0.1, 0.15) is 61.4 Å². The molecule has 0 bridgehead atoms.